The largest absolute Gasteiger partial charge is 2.00 e. The maximum atomic E-state index is 8.52. The fourth-order valence-electron chi connectivity index (χ4n) is 4.41. The molecule has 0 aliphatic rings. The number of nitrogens with zero attached hydrogens (tertiary/aromatic N) is 12. The van der Waals surface area contributed by atoms with Crippen molar-refractivity contribution in [3.05, 3.63) is 146 Å². The van der Waals surface area contributed by atoms with Crippen LogP contribution < -0.4 is 0 Å². The van der Waals surface area contributed by atoms with Gasteiger partial charge in [-0.3, -0.25) is 46.7 Å². The van der Waals surface area contributed by atoms with Gasteiger partial charge in [-0.25, -0.2) is 29.9 Å². The molecule has 350 valence electrons. The third-order valence-corrected chi connectivity index (χ3v) is 6.63. The molecular formula is C36H38Mn2N12O14S2+2. The molecule has 8 heterocycles. The van der Waals surface area contributed by atoms with Gasteiger partial charge in [0, 0.05) is 58.0 Å². The first-order valence-corrected chi connectivity index (χ1v) is 18.8. The Morgan fingerprint density at radius 2 is 0.409 bits per heavy atom. The second-order valence-corrected chi connectivity index (χ2v) is 12.4. The average molecular weight is 1040 g/mol. The van der Waals surface area contributed by atoms with Crippen LogP contribution in [0.2, 0.25) is 0 Å². The van der Waals surface area contributed by atoms with Gasteiger partial charge in [0.2, 0.25) is 0 Å². The first-order chi connectivity index (χ1) is 27.8. The summed E-state index contributed by atoms with van der Waals surface area (Å²) in [5, 5.41) is 0. The zero-order valence-electron chi connectivity index (χ0n) is 33.2. The van der Waals surface area contributed by atoms with E-state index in [-0.39, 0.29) is 67.0 Å². The summed E-state index contributed by atoms with van der Waals surface area (Å²) in [7, 11) is -10.3. The smallest absolute Gasteiger partial charge is 0.759 e. The summed E-state index contributed by atoms with van der Waals surface area (Å²) in [5.41, 5.74) is 4.05. The Kier molecular flexibility index (Phi) is 32.2. The monoisotopic (exact) mass is 1040 g/mol. The van der Waals surface area contributed by atoms with Gasteiger partial charge < -0.3 is 51.1 Å². The van der Waals surface area contributed by atoms with Crippen LogP contribution in [0, 0.1) is 0 Å². The molecular weight excluding hydrogens is 998 g/mol. The zero-order chi connectivity index (χ0) is 41.4. The van der Waals surface area contributed by atoms with Crippen molar-refractivity contribution in [2.24, 2.45) is 0 Å². The van der Waals surface area contributed by atoms with Crippen molar-refractivity contribution in [3.63, 3.8) is 0 Å². The molecule has 0 amide bonds. The van der Waals surface area contributed by atoms with Gasteiger partial charge in [-0.2, -0.15) is 0 Å². The second-order valence-electron chi connectivity index (χ2n) is 10.7. The van der Waals surface area contributed by atoms with Crippen molar-refractivity contribution in [1.29, 1.82) is 0 Å². The summed E-state index contributed by atoms with van der Waals surface area (Å²) in [5.74, 6) is 2.96. The van der Waals surface area contributed by atoms with E-state index < -0.39 is 20.8 Å². The van der Waals surface area contributed by atoms with Gasteiger partial charge >= 0.3 is 34.1 Å². The fraction of sp³-hybridized carbons (Fsp3) is 0. The van der Waals surface area contributed by atoms with Crippen molar-refractivity contribution in [1.82, 2.24) is 59.8 Å². The molecule has 14 N–H and O–H groups in total. The standard InChI is InChI=1S/2C18H12N6.2Mn.2H2O4S.6H2O/c2*1-4-10-19-13(7-1)16-22-17(14-8-2-5-11-20-14)24-18(23-16)15-9-3-6-12-21-15;;;2*1-5(2,3)4;;;;;;/h2*1-12H;;;2*(H2,1,2,3,4);6*1H2/q;;2*+2;;;;;;;;/p-2. The van der Waals surface area contributed by atoms with Gasteiger partial charge in [0.1, 0.15) is 34.2 Å². The van der Waals surface area contributed by atoms with Gasteiger partial charge in [0.25, 0.3) is 0 Å². The SMILES string of the molecule is O.O.O.O.O=S(=O)([O-])[O-].O=S(=O)([O-])[O-].[Mn+2].[Mn+2].[OH3+].[OH3+].c1ccc(-c2nc(-c3ccccn3)nc(-c3ccccn3)n2)nc1.c1ccc(-c2nc(-c3ccccn3)nc(-c3ccccn3)n2)nc1. The van der Waals surface area contributed by atoms with E-state index >= 15 is 0 Å². The number of hydrogen-bond acceptors (Lipinski definition) is 20. The summed E-state index contributed by atoms with van der Waals surface area (Å²) >= 11 is 0. The van der Waals surface area contributed by atoms with E-state index in [2.05, 4.69) is 59.8 Å². The van der Waals surface area contributed by atoms with E-state index in [1.807, 2.05) is 109 Å². The van der Waals surface area contributed by atoms with Crippen LogP contribution in [0.25, 0.3) is 69.1 Å². The van der Waals surface area contributed by atoms with Crippen molar-refractivity contribution < 1.29 is 102 Å². The average Bonchev–Trinajstić information content (AvgIpc) is 3.24. The Bertz CT molecular complexity index is 2280. The number of pyridine rings is 6. The molecule has 0 aliphatic heterocycles. The molecule has 0 spiro atoms. The van der Waals surface area contributed by atoms with E-state index in [9.17, 15) is 0 Å². The van der Waals surface area contributed by atoms with Gasteiger partial charge in [-0.1, -0.05) is 36.4 Å². The zero-order valence-corrected chi connectivity index (χ0v) is 37.2. The molecule has 0 atom stereocenters. The van der Waals surface area contributed by atoms with E-state index in [0.717, 1.165) is 0 Å². The van der Waals surface area contributed by atoms with Crippen molar-refractivity contribution >= 4 is 20.8 Å². The van der Waals surface area contributed by atoms with Crippen LogP contribution in [0.5, 0.6) is 0 Å². The van der Waals surface area contributed by atoms with Crippen LogP contribution in [0.3, 0.4) is 0 Å². The molecule has 0 unspecified atom stereocenters. The molecule has 2 radical (unpaired) electrons. The van der Waals surface area contributed by atoms with E-state index in [0.29, 0.717) is 69.1 Å². The molecule has 0 aliphatic carbocycles. The molecule has 30 heteroatoms. The van der Waals surface area contributed by atoms with E-state index in [1.165, 1.54) is 0 Å². The quantitative estimate of drug-likeness (QED) is 0.0774. The summed E-state index contributed by atoms with van der Waals surface area (Å²) in [6.45, 7) is 0. The molecule has 0 bridgehead atoms. The maximum absolute atomic E-state index is 8.52. The molecule has 66 heavy (non-hydrogen) atoms. The van der Waals surface area contributed by atoms with E-state index in [1.54, 1.807) is 37.2 Å². The maximum Gasteiger partial charge on any atom is 2.00 e. The minimum atomic E-state index is -5.17. The molecule has 0 fully saturated rings. The van der Waals surface area contributed by atoms with Crippen molar-refractivity contribution in [2.75, 3.05) is 0 Å². The molecule has 0 saturated heterocycles. The Labute approximate surface area is 396 Å². The van der Waals surface area contributed by atoms with Crippen LogP contribution in [0.4, 0.5) is 0 Å². The Morgan fingerprint density at radius 1 is 0.288 bits per heavy atom. The molecule has 26 nitrogen and oxygen atoms in total. The van der Waals surface area contributed by atoms with Crippen LogP contribution in [0.1, 0.15) is 0 Å². The number of rotatable bonds is 6. The van der Waals surface area contributed by atoms with Gasteiger partial charge in [0.15, 0.2) is 34.9 Å². The minimum absolute atomic E-state index is 0. The normalized spacial score (nSPS) is 9.39. The van der Waals surface area contributed by atoms with Crippen LogP contribution in [-0.2, 0) is 65.9 Å². The van der Waals surface area contributed by atoms with Gasteiger partial charge in [-0.15, -0.1) is 0 Å². The predicted octanol–water partition coefficient (Wildman–Crippen LogP) is -1.71. The van der Waals surface area contributed by atoms with Crippen LogP contribution in [0.15, 0.2) is 146 Å². The summed E-state index contributed by atoms with van der Waals surface area (Å²) < 4.78 is 68.2. The van der Waals surface area contributed by atoms with Gasteiger partial charge in [-0.05, 0) is 72.8 Å². The van der Waals surface area contributed by atoms with Gasteiger partial charge in [0.05, 0.1) is 0 Å². The Balaban J connectivity index is -0.000000439. The summed E-state index contributed by atoms with van der Waals surface area (Å²) in [6.07, 6.45) is 10.3. The first kappa shape index (κ1) is 66.1. The van der Waals surface area contributed by atoms with Crippen molar-refractivity contribution in [3.8, 4) is 69.1 Å². The molecule has 8 aromatic rings. The third-order valence-electron chi connectivity index (χ3n) is 6.63. The topological polar surface area (TPSA) is 507 Å². The molecule has 0 aromatic carbocycles. The molecule has 8 aromatic heterocycles. The Morgan fingerprint density at radius 3 is 0.500 bits per heavy atom. The molecule has 8 rings (SSSR count). The Hall–Kier alpha value is -6.54. The fourth-order valence-corrected chi connectivity index (χ4v) is 4.41. The minimum Gasteiger partial charge on any atom is -0.759 e. The third kappa shape index (κ3) is 22.9. The van der Waals surface area contributed by atoms with Crippen molar-refractivity contribution in [2.45, 2.75) is 0 Å². The van der Waals surface area contributed by atoms with Crippen LogP contribution in [-0.4, -0.2) is 117 Å². The first-order valence-electron chi connectivity index (χ1n) is 16.1. The number of hydrogen-bond donors (Lipinski definition) is 0. The van der Waals surface area contributed by atoms with E-state index in [4.69, 9.17) is 35.0 Å². The molecule has 0 saturated carbocycles. The summed E-state index contributed by atoms with van der Waals surface area (Å²) in [4.78, 5) is 53.1. The van der Waals surface area contributed by atoms with Crippen LogP contribution >= 0.6 is 0 Å². The second kappa shape index (κ2) is 32.2. The predicted molar refractivity (Wildman–Crippen MR) is 224 cm³/mol. The number of aromatic nitrogens is 12. The summed E-state index contributed by atoms with van der Waals surface area (Å²) in [6, 6.07) is 33.6.